The predicted octanol–water partition coefficient (Wildman–Crippen LogP) is 2.87. The van der Waals surface area contributed by atoms with E-state index in [9.17, 15) is 0 Å². The molecule has 22 heavy (non-hydrogen) atoms. The van der Waals surface area contributed by atoms with Gasteiger partial charge in [-0.25, -0.2) is 0 Å². The monoisotopic (exact) mass is 314 g/mol. The van der Waals surface area contributed by atoms with Gasteiger partial charge in [-0.3, -0.25) is 9.80 Å². The van der Waals surface area contributed by atoms with Gasteiger partial charge in [0.2, 0.25) is 0 Å². The van der Waals surface area contributed by atoms with Crippen LogP contribution in [-0.4, -0.2) is 76.0 Å². The maximum Gasteiger partial charge on any atom is 0.0593 e. The van der Waals surface area contributed by atoms with E-state index in [0.29, 0.717) is 0 Å². The Labute approximate surface area is 138 Å². The Hall–Kier alpha value is -0.160. The Balaban J connectivity index is 1.83. The van der Waals surface area contributed by atoms with Gasteiger partial charge in [0.15, 0.2) is 0 Å². The number of unbranched alkanes of at least 4 members (excludes halogenated alkanes) is 3. The van der Waals surface area contributed by atoms with Crippen molar-refractivity contribution in [2.75, 3.05) is 66.2 Å². The van der Waals surface area contributed by atoms with Crippen LogP contribution in [0.5, 0.6) is 0 Å². The van der Waals surface area contributed by atoms with E-state index in [1.54, 1.807) is 7.11 Å². The average Bonchev–Trinajstić information content (AvgIpc) is 2.52. The van der Waals surface area contributed by atoms with Crippen LogP contribution in [0.25, 0.3) is 0 Å². The van der Waals surface area contributed by atoms with Gasteiger partial charge in [0.25, 0.3) is 0 Å². The van der Waals surface area contributed by atoms with E-state index in [2.05, 4.69) is 23.6 Å². The minimum Gasteiger partial charge on any atom is -0.383 e. The van der Waals surface area contributed by atoms with Crippen LogP contribution in [0, 0.1) is 5.92 Å². The highest BCUT2D eigenvalue weighted by Crippen LogP contribution is 2.09. The quantitative estimate of drug-likeness (QED) is 0.488. The summed E-state index contributed by atoms with van der Waals surface area (Å²) < 4.78 is 10.9. The van der Waals surface area contributed by atoms with Crippen molar-refractivity contribution < 1.29 is 9.47 Å². The molecule has 1 heterocycles. The summed E-state index contributed by atoms with van der Waals surface area (Å²) in [4.78, 5) is 5.00. The Bertz CT molecular complexity index is 241. The van der Waals surface area contributed by atoms with Gasteiger partial charge in [-0.05, 0) is 12.3 Å². The first-order chi connectivity index (χ1) is 10.7. The molecule has 1 rings (SSSR count). The lowest BCUT2D eigenvalue weighted by Crippen LogP contribution is -2.48. The molecule has 1 fully saturated rings. The van der Waals surface area contributed by atoms with E-state index in [-0.39, 0.29) is 0 Å². The van der Waals surface area contributed by atoms with Crippen molar-refractivity contribution in [2.45, 2.75) is 46.0 Å². The molecule has 4 heteroatoms. The molecule has 0 N–H and O–H groups in total. The summed E-state index contributed by atoms with van der Waals surface area (Å²) in [5, 5.41) is 0. The molecule has 0 aromatic carbocycles. The first-order valence-electron chi connectivity index (χ1n) is 9.23. The van der Waals surface area contributed by atoms with Crippen LogP contribution >= 0.6 is 0 Å². The molecule has 0 atom stereocenters. The van der Waals surface area contributed by atoms with Crippen molar-refractivity contribution in [3.63, 3.8) is 0 Å². The van der Waals surface area contributed by atoms with Gasteiger partial charge in [-0.15, -0.1) is 0 Å². The van der Waals surface area contributed by atoms with Gasteiger partial charge in [0.1, 0.15) is 0 Å². The van der Waals surface area contributed by atoms with Crippen LogP contribution < -0.4 is 0 Å². The lowest BCUT2D eigenvalue weighted by Gasteiger charge is -2.34. The third-order valence-corrected chi connectivity index (χ3v) is 4.45. The molecule has 0 unspecified atom stereocenters. The zero-order valence-corrected chi connectivity index (χ0v) is 15.2. The molecule has 0 bridgehead atoms. The van der Waals surface area contributed by atoms with Gasteiger partial charge in [-0.1, -0.05) is 39.5 Å². The minimum absolute atomic E-state index is 0.847. The van der Waals surface area contributed by atoms with E-state index < -0.39 is 0 Å². The molecule has 0 aromatic rings. The Morgan fingerprint density at radius 2 is 1.36 bits per heavy atom. The van der Waals surface area contributed by atoms with Crippen LogP contribution in [0.2, 0.25) is 0 Å². The molecule has 1 aliphatic rings. The molecule has 4 nitrogen and oxygen atoms in total. The van der Waals surface area contributed by atoms with Crippen LogP contribution in [0.4, 0.5) is 0 Å². The molecule has 0 radical (unpaired) electrons. The van der Waals surface area contributed by atoms with Gasteiger partial charge in [-0.2, -0.15) is 0 Å². The number of hydrogen-bond acceptors (Lipinski definition) is 4. The standard InChI is InChI=1S/C18H38N2O2/c1-18(2)8-6-4-5-7-15-22-17-14-20-11-9-19(10-12-20)13-16-21-3/h18H,4-17H2,1-3H3. The van der Waals surface area contributed by atoms with Gasteiger partial charge < -0.3 is 9.47 Å². The molecule has 0 aromatic heterocycles. The molecular formula is C18H38N2O2. The number of nitrogens with zero attached hydrogens (tertiary/aromatic N) is 2. The van der Waals surface area contributed by atoms with E-state index in [1.807, 2.05) is 0 Å². The lowest BCUT2D eigenvalue weighted by atomic mass is 10.0. The summed E-state index contributed by atoms with van der Waals surface area (Å²) in [5.41, 5.74) is 0. The summed E-state index contributed by atoms with van der Waals surface area (Å²) in [5.74, 6) is 0.853. The molecule has 132 valence electrons. The first-order valence-corrected chi connectivity index (χ1v) is 9.23. The first kappa shape index (κ1) is 19.9. The summed E-state index contributed by atoms with van der Waals surface area (Å²) in [6.07, 6.45) is 6.67. The van der Waals surface area contributed by atoms with Crippen LogP contribution in [0.3, 0.4) is 0 Å². The highest BCUT2D eigenvalue weighted by molar-refractivity contribution is 4.71. The van der Waals surface area contributed by atoms with Crippen molar-refractivity contribution >= 4 is 0 Å². The lowest BCUT2D eigenvalue weighted by molar-refractivity contribution is 0.0641. The van der Waals surface area contributed by atoms with E-state index in [0.717, 1.165) is 38.8 Å². The topological polar surface area (TPSA) is 24.9 Å². The maximum absolute atomic E-state index is 5.78. The highest BCUT2D eigenvalue weighted by Gasteiger charge is 2.15. The van der Waals surface area contributed by atoms with E-state index >= 15 is 0 Å². The van der Waals surface area contributed by atoms with Gasteiger partial charge >= 0.3 is 0 Å². The SMILES string of the molecule is COCCN1CCN(CCOCCCCCCC(C)C)CC1. The minimum atomic E-state index is 0.847. The van der Waals surface area contributed by atoms with Crippen LogP contribution in [0.1, 0.15) is 46.0 Å². The summed E-state index contributed by atoms with van der Waals surface area (Å²) in [6, 6.07) is 0. The number of ether oxygens (including phenoxy) is 2. The Morgan fingerprint density at radius 3 is 1.95 bits per heavy atom. The van der Waals surface area contributed by atoms with Crippen molar-refractivity contribution in [3.8, 4) is 0 Å². The molecule has 1 aliphatic heterocycles. The molecule has 0 saturated carbocycles. The van der Waals surface area contributed by atoms with Crippen LogP contribution in [-0.2, 0) is 9.47 Å². The fourth-order valence-electron chi connectivity index (χ4n) is 2.86. The second-order valence-corrected chi connectivity index (χ2v) is 6.89. The number of rotatable bonds is 13. The smallest absolute Gasteiger partial charge is 0.0593 e. The fourth-order valence-corrected chi connectivity index (χ4v) is 2.86. The number of hydrogen-bond donors (Lipinski definition) is 0. The second-order valence-electron chi connectivity index (χ2n) is 6.89. The predicted molar refractivity (Wildman–Crippen MR) is 93.5 cm³/mol. The number of methoxy groups -OCH3 is 1. The van der Waals surface area contributed by atoms with Crippen molar-refractivity contribution in [1.82, 2.24) is 9.80 Å². The summed E-state index contributed by atoms with van der Waals surface area (Å²) in [7, 11) is 1.78. The zero-order valence-electron chi connectivity index (χ0n) is 15.2. The molecule has 0 amide bonds. The second kappa shape index (κ2) is 13.3. The highest BCUT2D eigenvalue weighted by atomic mass is 16.5. The van der Waals surface area contributed by atoms with Crippen molar-refractivity contribution in [3.05, 3.63) is 0 Å². The largest absolute Gasteiger partial charge is 0.383 e. The Morgan fingerprint density at radius 1 is 0.773 bits per heavy atom. The van der Waals surface area contributed by atoms with Crippen LogP contribution in [0.15, 0.2) is 0 Å². The van der Waals surface area contributed by atoms with Crippen molar-refractivity contribution in [2.24, 2.45) is 5.92 Å². The zero-order chi connectivity index (χ0) is 16.0. The molecule has 0 spiro atoms. The normalized spacial score (nSPS) is 17.5. The number of piperazine rings is 1. The molecule has 1 saturated heterocycles. The summed E-state index contributed by atoms with van der Waals surface area (Å²) in [6.45, 7) is 14.1. The Kier molecular flexibility index (Phi) is 12.0. The molecular weight excluding hydrogens is 276 g/mol. The maximum atomic E-state index is 5.78. The van der Waals surface area contributed by atoms with Gasteiger partial charge in [0, 0.05) is 53.0 Å². The third kappa shape index (κ3) is 10.5. The van der Waals surface area contributed by atoms with E-state index in [4.69, 9.17) is 9.47 Å². The molecule has 0 aliphatic carbocycles. The van der Waals surface area contributed by atoms with E-state index in [1.165, 1.54) is 58.3 Å². The van der Waals surface area contributed by atoms with Crippen molar-refractivity contribution in [1.29, 1.82) is 0 Å². The fraction of sp³-hybridized carbons (Fsp3) is 1.00. The average molecular weight is 315 g/mol. The third-order valence-electron chi connectivity index (χ3n) is 4.45. The van der Waals surface area contributed by atoms with Gasteiger partial charge in [0.05, 0.1) is 13.2 Å². The summed E-state index contributed by atoms with van der Waals surface area (Å²) >= 11 is 0.